The number of unbranched alkanes of at least 4 members (excludes halogenated alkanes) is 14. The molecule has 1 rings (SSSR count). The highest BCUT2D eigenvalue weighted by Gasteiger charge is 2.36. The fourth-order valence-electron chi connectivity index (χ4n) is 11.7. The molecule has 7 atom stereocenters. The number of Topliss-reactive ketones (excluding diaryl/α,β-unsaturated/α-hetero) is 5. The van der Waals surface area contributed by atoms with Gasteiger partial charge in [0, 0.05) is 101 Å². The van der Waals surface area contributed by atoms with Gasteiger partial charge in [0.1, 0.15) is 42.4 Å². The van der Waals surface area contributed by atoms with Crippen molar-refractivity contribution in [2.24, 2.45) is 47.0 Å². The molecule has 0 aliphatic heterocycles. The Hall–Kier alpha value is -7.12. The number of rotatable bonds is 68. The van der Waals surface area contributed by atoms with E-state index < -0.39 is 118 Å². The minimum atomic E-state index is -3.87. The number of amidine groups is 1. The first-order valence-corrected chi connectivity index (χ1v) is 38.4. The highest BCUT2D eigenvalue weighted by Crippen LogP contribution is 2.28. The minimum absolute atomic E-state index is 0.00150. The third kappa shape index (κ3) is 50.1. The zero-order chi connectivity index (χ0) is 77.0. The molecule has 5 amide bonds. The van der Waals surface area contributed by atoms with Gasteiger partial charge in [-0.3, -0.25) is 62.7 Å². The van der Waals surface area contributed by atoms with Crippen molar-refractivity contribution < 1.29 is 105 Å². The molecule has 13 N–H and O–H groups in total. The summed E-state index contributed by atoms with van der Waals surface area (Å²) < 4.78 is 52.0. The summed E-state index contributed by atoms with van der Waals surface area (Å²) >= 11 is 0. The number of carbonyl (C=O) groups excluding carboxylic acids is 10. The number of ether oxygens (including phenoxy) is 4. The Bertz CT molecular complexity index is 2860. The summed E-state index contributed by atoms with van der Waals surface area (Å²) in [6.45, 7) is 7.61. The van der Waals surface area contributed by atoms with E-state index in [9.17, 15) is 81.3 Å². The maximum Gasteiger partial charge on any atom is 0.326 e. The molecule has 0 spiro atoms. The van der Waals surface area contributed by atoms with Crippen molar-refractivity contribution in [1.29, 1.82) is 5.41 Å². The maximum absolute atomic E-state index is 13.9. The van der Waals surface area contributed by atoms with Crippen LogP contribution in [0.25, 0.3) is 0 Å². The monoisotopic (exact) mass is 1480 g/mol. The molecule has 1 aromatic carbocycles. The lowest BCUT2D eigenvalue weighted by Crippen LogP contribution is -2.44. The molecule has 0 saturated carbocycles. The number of primary amides is 1. The molecule has 1 unspecified atom stereocenters. The van der Waals surface area contributed by atoms with Crippen LogP contribution in [0.5, 0.6) is 5.75 Å². The van der Waals surface area contributed by atoms with E-state index in [1.807, 2.05) is 13.8 Å². The quantitative estimate of drug-likeness (QED) is 0.0135. The van der Waals surface area contributed by atoms with E-state index in [-0.39, 0.29) is 177 Å². The number of benzene rings is 1. The number of hydrogen-bond donors (Lipinski definition) is 11. The van der Waals surface area contributed by atoms with Crippen molar-refractivity contribution in [1.82, 2.24) is 21.3 Å². The number of phenolic OH excluding ortho intramolecular Hbond substituents is 1. The fraction of sp³-hybridized carbons (Fsp3) is 0.740. The van der Waals surface area contributed by atoms with Crippen LogP contribution in [0.3, 0.4) is 0 Å². The van der Waals surface area contributed by atoms with E-state index in [4.69, 9.17) is 40.4 Å². The van der Waals surface area contributed by atoms with Crippen molar-refractivity contribution in [2.45, 2.75) is 239 Å². The van der Waals surface area contributed by atoms with Crippen molar-refractivity contribution >= 4 is 86.3 Å². The molecule has 586 valence electrons. The number of phenols is 1. The second kappa shape index (κ2) is 56.3. The number of carboxylic acids is 2. The number of carboxylic acid groups (broad SMARTS) is 2. The van der Waals surface area contributed by atoms with Crippen molar-refractivity contribution in [3.63, 3.8) is 0 Å². The summed E-state index contributed by atoms with van der Waals surface area (Å²) in [6.07, 6.45) is 14.0. The zero-order valence-electron chi connectivity index (χ0n) is 61.3. The molecular weight excluding hydrogens is 1360 g/mol. The molecule has 0 fully saturated rings. The summed E-state index contributed by atoms with van der Waals surface area (Å²) in [5.41, 5.74) is 11.9. The number of nitrogens with one attached hydrogen (secondary N) is 5. The van der Waals surface area contributed by atoms with E-state index >= 15 is 0 Å². The first-order chi connectivity index (χ1) is 48.9. The average Bonchev–Trinajstić information content (AvgIpc) is 0.848. The Morgan fingerprint density at radius 3 is 1.62 bits per heavy atom. The molecule has 0 bridgehead atoms. The summed E-state index contributed by atoms with van der Waals surface area (Å²) in [7, 11) is -3.87. The van der Waals surface area contributed by atoms with Gasteiger partial charge in [-0.25, -0.2) is 4.79 Å². The van der Waals surface area contributed by atoms with E-state index in [1.54, 1.807) is 12.1 Å². The molecule has 0 aliphatic carbocycles. The van der Waals surface area contributed by atoms with Crippen LogP contribution in [0.4, 0.5) is 0 Å². The van der Waals surface area contributed by atoms with Crippen LogP contribution in [0, 0.1) is 40.9 Å². The zero-order valence-corrected chi connectivity index (χ0v) is 62.1. The Balaban J connectivity index is 2.37. The van der Waals surface area contributed by atoms with Gasteiger partial charge in [0.05, 0.1) is 56.6 Å². The standard InChI is InChI=1S/C73H121N7O22S/c1-51(2)43-60(83)45-55(63(84)47-57(72(92)93)48-68(88)79-53(4)70(90)52(3)61(25-17-18-26-65(74)75)64(85)46-56(71(76)91)44-54-28-30-58(81)31-29-54)23-19-20-34-77-69(89)50-102-41-38-99-36-22-24-59(82)49-101-40-39-100-37-35-78-66(86)33-32-62(73(94)95)80-67(87)27-16-14-12-10-8-6-5-7-9-11-13-15-21-42-103(96,97)98/h28-31,51-53,55-57,61-62,81H,5-27,32-50H2,1-4H3,(H3,74,75)(H2,76,91)(H,77,89)(H,78,86)(H,79,88)(H,80,87)(H,92,93)(H,94,95)(H,96,97,98)/t52?,53-,55+,56+,57+,61+,62-/m0/s1. The lowest BCUT2D eigenvalue weighted by Gasteiger charge is -2.26. The number of hydrogen-bond acceptors (Lipinski definition) is 20. The van der Waals surface area contributed by atoms with Crippen LogP contribution in [-0.2, 0) is 93.0 Å². The van der Waals surface area contributed by atoms with Crippen LogP contribution in [0.15, 0.2) is 24.3 Å². The summed E-state index contributed by atoms with van der Waals surface area (Å²) in [4.78, 5) is 154. The number of ketones is 5. The molecule has 1 aromatic rings. The predicted octanol–water partition coefficient (Wildman–Crippen LogP) is 7.01. The van der Waals surface area contributed by atoms with Crippen LogP contribution in [-0.4, -0.2) is 188 Å². The Morgan fingerprint density at radius 1 is 0.485 bits per heavy atom. The second-order valence-electron chi connectivity index (χ2n) is 27.2. The molecule has 0 radical (unpaired) electrons. The topological polar surface area (TPSA) is 481 Å². The largest absolute Gasteiger partial charge is 0.508 e. The molecule has 30 heteroatoms. The lowest BCUT2D eigenvalue weighted by atomic mass is 9.78. The van der Waals surface area contributed by atoms with Crippen LogP contribution in [0.1, 0.15) is 226 Å². The summed E-state index contributed by atoms with van der Waals surface area (Å²) in [5, 5.41) is 47.5. The summed E-state index contributed by atoms with van der Waals surface area (Å²) in [6, 6.07) is 3.69. The third-order valence-corrected chi connectivity index (χ3v) is 18.3. The molecular formula is C73H121N7O22S. The SMILES string of the molecule is CC(C)CC(=O)C[C@@H](CCCCNC(=O)COCCOCCCC(=O)COCCOCCNC(=O)CC[C@H](NC(=O)CCCCCCCCCCCCCCCS(=O)(=O)O)C(=O)O)C(=O)C[C@H](CC(=O)N[C@@H](C)C(=O)C(C)[C@@H](CCCCC(=N)N)C(=O)C[C@@H](Cc1ccc(O)cc1)C(N)=O)C(=O)O. The van der Waals surface area contributed by atoms with Crippen molar-refractivity contribution in [3.8, 4) is 5.75 Å². The van der Waals surface area contributed by atoms with Gasteiger partial charge in [-0.15, -0.1) is 0 Å². The van der Waals surface area contributed by atoms with Crippen molar-refractivity contribution in [3.05, 3.63) is 29.8 Å². The molecule has 0 aromatic heterocycles. The van der Waals surface area contributed by atoms with Crippen molar-refractivity contribution in [2.75, 3.05) is 71.7 Å². The highest BCUT2D eigenvalue weighted by molar-refractivity contribution is 7.85. The first kappa shape index (κ1) is 93.9. The van der Waals surface area contributed by atoms with E-state index in [2.05, 4.69) is 21.3 Å². The molecule has 29 nitrogen and oxygen atoms in total. The van der Waals surface area contributed by atoms with Gasteiger partial charge in [0.25, 0.3) is 10.1 Å². The van der Waals surface area contributed by atoms with Crippen LogP contribution >= 0.6 is 0 Å². The fourth-order valence-corrected chi connectivity index (χ4v) is 12.3. The van der Waals surface area contributed by atoms with E-state index in [0.717, 1.165) is 70.6 Å². The maximum atomic E-state index is 13.9. The number of aliphatic carboxylic acids is 2. The first-order valence-electron chi connectivity index (χ1n) is 36.7. The van der Waals surface area contributed by atoms with E-state index in [1.165, 1.54) is 26.0 Å². The Morgan fingerprint density at radius 2 is 1.04 bits per heavy atom. The normalized spacial score (nSPS) is 13.5. The van der Waals surface area contributed by atoms with Crippen LogP contribution < -0.4 is 32.7 Å². The minimum Gasteiger partial charge on any atom is -0.508 e. The van der Waals surface area contributed by atoms with Gasteiger partial charge in [0.15, 0.2) is 11.6 Å². The van der Waals surface area contributed by atoms with Gasteiger partial charge >= 0.3 is 11.9 Å². The number of aromatic hydroxyl groups is 1. The number of carbonyl (C=O) groups is 12. The molecule has 0 heterocycles. The molecule has 0 aliphatic rings. The Labute approximate surface area is 608 Å². The van der Waals surface area contributed by atoms with Gasteiger partial charge in [-0.1, -0.05) is 116 Å². The third-order valence-electron chi connectivity index (χ3n) is 17.5. The lowest BCUT2D eigenvalue weighted by molar-refractivity contribution is -0.146. The predicted molar refractivity (Wildman–Crippen MR) is 385 cm³/mol. The van der Waals surface area contributed by atoms with Crippen LogP contribution in [0.2, 0.25) is 0 Å². The molecule has 0 saturated heterocycles. The summed E-state index contributed by atoms with van der Waals surface area (Å²) in [5.74, 6) is -12.6. The number of nitrogens with two attached hydrogens (primary N) is 2. The second-order valence-corrected chi connectivity index (χ2v) is 28.8. The molecule has 103 heavy (non-hydrogen) atoms. The average molecular weight is 1480 g/mol. The van der Waals surface area contributed by atoms with Gasteiger partial charge in [0.2, 0.25) is 29.5 Å². The van der Waals surface area contributed by atoms with Gasteiger partial charge in [-0.2, -0.15) is 8.42 Å². The van der Waals surface area contributed by atoms with Gasteiger partial charge in [-0.05, 0) is 88.3 Å². The Kier molecular flexibility index (Phi) is 51.3. The van der Waals surface area contributed by atoms with E-state index in [0.29, 0.717) is 50.5 Å². The highest BCUT2D eigenvalue weighted by atomic mass is 32.2. The van der Waals surface area contributed by atoms with Gasteiger partial charge < -0.3 is 67.0 Å². The smallest absolute Gasteiger partial charge is 0.326 e. The number of amides is 5.